The number of hydrogen-bond acceptors (Lipinski definition) is 4. The van der Waals surface area contributed by atoms with Crippen LogP contribution in [0.2, 0.25) is 0 Å². The van der Waals surface area contributed by atoms with Crippen molar-refractivity contribution in [2.45, 2.75) is 25.7 Å². The monoisotopic (exact) mass is 381 g/mol. The van der Waals surface area contributed by atoms with Gasteiger partial charge in [-0.25, -0.2) is 0 Å². The first-order chi connectivity index (χ1) is 13.6. The number of rotatable bonds is 8. The number of nitrogens with zero attached hydrogens (tertiary/aromatic N) is 2. The van der Waals surface area contributed by atoms with Crippen LogP contribution in [-0.2, 0) is 16.0 Å². The summed E-state index contributed by atoms with van der Waals surface area (Å²) in [5.74, 6) is 0.163. The van der Waals surface area contributed by atoms with Crippen LogP contribution in [0, 0.1) is 5.41 Å². The smallest absolute Gasteiger partial charge is 0.226 e. The number of carbonyl (C=O) groups excluding carboxylic acids is 1. The van der Waals surface area contributed by atoms with Crippen molar-refractivity contribution in [3.63, 3.8) is 0 Å². The van der Waals surface area contributed by atoms with E-state index in [4.69, 9.17) is 4.74 Å². The Hall–Kier alpha value is -2.24. The Bertz CT molecular complexity index is 755. The van der Waals surface area contributed by atoms with E-state index in [1.165, 1.54) is 5.56 Å². The van der Waals surface area contributed by atoms with Gasteiger partial charge in [0, 0.05) is 37.7 Å². The quantitative estimate of drug-likeness (QED) is 0.714. The number of amides is 1. The Balaban J connectivity index is 1.79. The highest BCUT2D eigenvalue weighted by molar-refractivity contribution is 5.83. The number of aromatic nitrogens is 1. The minimum absolute atomic E-state index is 0.163. The number of ether oxygens (including phenoxy) is 1. The summed E-state index contributed by atoms with van der Waals surface area (Å²) in [5.41, 5.74) is 3.03. The first-order valence-corrected chi connectivity index (χ1v) is 10.1. The summed E-state index contributed by atoms with van der Waals surface area (Å²) < 4.78 is 5.59. The van der Waals surface area contributed by atoms with Crippen LogP contribution in [0.1, 0.15) is 24.8 Å². The molecular formula is C23H31N3O2. The summed E-state index contributed by atoms with van der Waals surface area (Å²) in [6, 6.07) is 12.4. The van der Waals surface area contributed by atoms with Crippen molar-refractivity contribution in [3.05, 3.63) is 54.4 Å². The van der Waals surface area contributed by atoms with E-state index in [9.17, 15) is 4.79 Å². The van der Waals surface area contributed by atoms with E-state index in [0.29, 0.717) is 19.8 Å². The molecule has 1 aromatic heterocycles. The molecule has 5 heteroatoms. The van der Waals surface area contributed by atoms with Gasteiger partial charge in [-0.15, -0.1) is 0 Å². The summed E-state index contributed by atoms with van der Waals surface area (Å²) in [6.07, 6.45) is 6.87. The molecule has 1 fully saturated rings. The van der Waals surface area contributed by atoms with E-state index in [1.807, 2.05) is 18.3 Å². The van der Waals surface area contributed by atoms with Crippen LogP contribution in [-0.4, -0.2) is 56.2 Å². The fourth-order valence-corrected chi connectivity index (χ4v) is 3.87. The SMILES string of the molecule is CN(C)CCCNC(=O)C1(Cc2ccccc2-c2cccnc2)CCOCC1. The Morgan fingerprint density at radius 3 is 2.68 bits per heavy atom. The van der Waals surface area contributed by atoms with E-state index in [0.717, 1.165) is 43.4 Å². The minimum atomic E-state index is -0.408. The molecule has 1 aliphatic rings. The molecule has 1 amide bonds. The van der Waals surface area contributed by atoms with Gasteiger partial charge in [0.1, 0.15) is 0 Å². The number of benzene rings is 1. The summed E-state index contributed by atoms with van der Waals surface area (Å²) in [7, 11) is 4.11. The molecule has 3 rings (SSSR count). The second-order valence-corrected chi connectivity index (χ2v) is 7.88. The summed E-state index contributed by atoms with van der Waals surface area (Å²) in [4.78, 5) is 19.6. The Labute approximate surface area is 168 Å². The topological polar surface area (TPSA) is 54.5 Å². The molecule has 2 heterocycles. The van der Waals surface area contributed by atoms with Crippen LogP contribution in [0.15, 0.2) is 48.8 Å². The molecule has 1 N–H and O–H groups in total. The first kappa shape index (κ1) is 20.5. The lowest BCUT2D eigenvalue weighted by Crippen LogP contribution is -2.46. The molecule has 1 aromatic carbocycles. The maximum Gasteiger partial charge on any atom is 0.226 e. The highest BCUT2D eigenvalue weighted by atomic mass is 16.5. The highest BCUT2D eigenvalue weighted by Gasteiger charge is 2.40. The van der Waals surface area contributed by atoms with Crippen LogP contribution in [0.25, 0.3) is 11.1 Å². The molecular weight excluding hydrogens is 350 g/mol. The van der Waals surface area contributed by atoms with Crippen molar-refractivity contribution in [2.24, 2.45) is 5.41 Å². The van der Waals surface area contributed by atoms with Crippen LogP contribution in [0.3, 0.4) is 0 Å². The predicted molar refractivity (Wildman–Crippen MR) is 112 cm³/mol. The standard InChI is InChI=1S/C23H31N3O2/c1-26(2)14-6-13-25-22(27)23(10-15-28-16-11-23)17-19-7-3-4-9-21(19)20-8-5-12-24-18-20/h3-5,7-9,12,18H,6,10-11,13-17H2,1-2H3,(H,25,27). The average Bonchev–Trinajstić information content (AvgIpc) is 2.72. The average molecular weight is 382 g/mol. The van der Waals surface area contributed by atoms with Crippen LogP contribution in [0.5, 0.6) is 0 Å². The van der Waals surface area contributed by atoms with E-state index in [2.05, 4.69) is 53.6 Å². The summed E-state index contributed by atoms with van der Waals surface area (Å²) >= 11 is 0. The summed E-state index contributed by atoms with van der Waals surface area (Å²) in [5, 5.41) is 3.19. The third-order valence-corrected chi connectivity index (χ3v) is 5.52. The number of hydrogen-bond donors (Lipinski definition) is 1. The van der Waals surface area contributed by atoms with E-state index in [-0.39, 0.29) is 5.91 Å². The van der Waals surface area contributed by atoms with E-state index in [1.54, 1.807) is 6.20 Å². The zero-order valence-corrected chi connectivity index (χ0v) is 17.0. The van der Waals surface area contributed by atoms with Gasteiger partial charge in [0.05, 0.1) is 5.41 Å². The molecule has 28 heavy (non-hydrogen) atoms. The lowest BCUT2D eigenvalue weighted by atomic mass is 9.73. The normalized spacial score (nSPS) is 16.1. The van der Waals surface area contributed by atoms with Gasteiger partial charge in [-0.3, -0.25) is 9.78 Å². The van der Waals surface area contributed by atoms with Gasteiger partial charge in [-0.1, -0.05) is 30.3 Å². The van der Waals surface area contributed by atoms with Gasteiger partial charge in [-0.05, 0) is 63.5 Å². The van der Waals surface area contributed by atoms with Crippen molar-refractivity contribution in [3.8, 4) is 11.1 Å². The fourth-order valence-electron chi connectivity index (χ4n) is 3.87. The van der Waals surface area contributed by atoms with Gasteiger partial charge in [0.15, 0.2) is 0 Å². The van der Waals surface area contributed by atoms with E-state index < -0.39 is 5.41 Å². The van der Waals surface area contributed by atoms with Crippen LogP contribution < -0.4 is 5.32 Å². The zero-order valence-electron chi connectivity index (χ0n) is 17.0. The molecule has 0 atom stereocenters. The van der Waals surface area contributed by atoms with Crippen LogP contribution in [0.4, 0.5) is 0 Å². The predicted octanol–water partition coefficient (Wildman–Crippen LogP) is 3.16. The van der Waals surface area contributed by atoms with Crippen molar-refractivity contribution in [2.75, 3.05) is 40.4 Å². The molecule has 5 nitrogen and oxygen atoms in total. The van der Waals surface area contributed by atoms with Crippen molar-refractivity contribution >= 4 is 5.91 Å². The largest absolute Gasteiger partial charge is 0.381 e. The Morgan fingerprint density at radius 1 is 1.18 bits per heavy atom. The lowest BCUT2D eigenvalue weighted by molar-refractivity contribution is -0.136. The zero-order chi connectivity index (χ0) is 19.8. The maximum absolute atomic E-state index is 13.2. The highest BCUT2D eigenvalue weighted by Crippen LogP contribution is 2.37. The molecule has 2 aromatic rings. The van der Waals surface area contributed by atoms with Gasteiger partial charge >= 0.3 is 0 Å². The molecule has 0 bridgehead atoms. The molecule has 0 spiro atoms. The Kier molecular flexibility index (Phi) is 7.18. The van der Waals surface area contributed by atoms with Crippen LogP contribution >= 0.6 is 0 Å². The third kappa shape index (κ3) is 5.18. The van der Waals surface area contributed by atoms with Gasteiger partial charge in [0.25, 0.3) is 0 Å². The fraction of sp³-hybridized carbons (Fsp3) is 0.478. The molecule has 0 aliphatic carbocycles. The maximum atomic E-state index is 13.2. The number of carbonyl (C=O) groups is 1. The second kappa shape index (κ2) is 9.80. The minimum Gasteiger partial charge on any atom is -0.381 e. The van der Waals surface area contributed by atoms with Gasteiger partial charge in [-0.2, -0.15) is 0 Å². The molecule has 150 valence electrons. The van der Waals surface area contributed by atoms with Gasteiger partial charge in [0.2, 0.25) is 5.91 Å². The molecule has 0 saturated carbocycles. The van der Waals surface area contributed by atoms with Crippen molar-refractivity contribution in [1.29, 1.82) is 0 Å². The molecule has 0 radical (unpaired) electrons. The number of pyridine rings is 1. The number of nitrogens with one attached hydrogen (secondary N) is 1. The second-order valence-electron chi connectivity index (χ2n) is 7.88. The first-order valence-electron chi connectivity index (χ1n) is 10.1. The molecule has 1 saturated heterocycles. The van der Waals surface area contributed by atoms with Gasteiger partial charge < -0.3 is 15.0 Å². The lowest BCUT2D eigenvalue weighted by Gasteiger charge is -2.36. The van der Waals surface area contributed by atoms with E-state index >= 15 is 0 Å². The summed E-state index contributed by atoms with van der Waals surface area (Å²) in [6.45, 7) is 2.96. The Morgan fingerprint density at radius 2 is 1.96 bits per heavy atom. The molecule has 0 unspecified atom stereocenters. The third-order valence-electron chi connectivity index (χ3n) is 5.52. The van der Waals surface area contributed by atoms with Crippen molar-refractivity contribution < 1.29 is 9.53 Å². The van der Waals surface area contributed by atoms with Crippen molar-refractivity contribution in [1.82, 2.24) is 15.2 Å². The molecule has 1 aliphatic heterocycles.